The summed E-state index contributed by atoms with van der Waals surface area (Å²) in [7, 11) is 1.60. The minimum atomic E-state index is -0.653. The Balaban J connectivity index is 1.57. The Morgan fingerprint density at radius 1 is 1.22 bits per heavy atom. The summed E-state index contributed by atoms with van der Waals surface area (Å²) in [4.78, 5) is 28.4. The third kappa shape index (κ3) is 4.32. The molecule has 3 aromatic rings. The van der Waals surface area contributed by atoms with E-state index in [-0.39, 0.29) is 5.56 Å². The highest BCUT2D eigenvalue weighted by Crippen LogP contribution is 2.26. The van der Waals surface area contributed by atoms with Crippen LogP contribution in [0.3, 0.4) is 0 Å². The van der Waals surface area contributed by atoms with Gasteiger partial charge >= 0.3 is 5.97 Å². The molecule has 0 radical (unpaired) electrons. The molecule has 0 aliphatic heterocycles. The fourth-order valence-corrected chi connectivity index (χ4v) is 3.09. The van der Waals surface area contributed by atoms with Crippen molar-refractivity contribution in [2.45, 2.75) is 13.8 Å². The summed E-state index contributed by atoms with van der Waals surface area (Å²) < 4.78 is 15.0. The fraction of sp³-hybridized carbons (Fsp3) is 0.222. The molecule has 0 atom stereocenters. The maximum absolute atomic E-state index is 12.0. The van der Waals surface area contributed by atoms with Crippen molar-refractivity contribution in [2.75, 3.05) is 19.0 Å². The van der Waals surface area contributed by atoms with Gasteiger partial charge in [-0.2, -0.15) is 0 Å². The predicted molar refractivity (Wildman–Crippen MR) is 99.0 cm³/mol. The van der Waals surface area contributed by atoms with E-state index in [4.69, 9.17) is 14.0 Å². The Labute approximate surface area is 159 Å². The van der Waals surface area contributed by atoms with Crippen LogP contribution in [-0.4, -0.2) is 35.7 Å². The Hall–Kier alpha value is -3.20. The molecule has 140 valence electrons. The molecule has 2 heterocycles. The van der Waals surface area contributed by atoms with Gasteiger partial charge in [-0.1, -0.05) is 5.16 Å². The molecule has 8 nitrogen and oxygen atoms in total. The van der Waals surface area contributed by atoms with Gasteiger partial charge in [0.2, 0.25) is 0 Å². The Morgan fingerprint density at radius 2 is 1.96 bits per heavy atom. The summed E-state index contributed by atoms with van der Waals surface area (Å²) >= 11 is 1.28. The van der Waals surface area contributed by atoms with Crippen LogP contribution in [0.15, 0.2) is 34.2 Å². The normalized spacial score (nSPS) is 10.5. The van der Waals surface area contributed by atoms with Crippen molar-refractivity contribution in [2.24, 2.45) is 0 Å². The minimum Gasteiger partial charge on any atom is -0.497 e. The Morgan fingerprint density at radius 3 is 2.59 bits per heavy atom. The molecular weight excluding hydrogens is 370 g/mol. The largest absolute Gasteiger partial charge is 0.497 e. The monoisotopic (exact) mass is 387 g/mol. The second-order valence-corrected chi connectivity index (χ2v) is 6.45. The van der Waals surface area contributed by atoms with Gasteiger partial charge in [-0.05, 0) is 38.1 Å². The number of nitrogens with zero attached hydrogens (tertiary/aromatic N) is 2. The Kier molecular flexibility index (Phi) is 5.51. The maximum atomic E-state index is 12.0. The van der Waals surface area contributed by atoms with Crippen molar-refractivity contribution in [3.8, 4) is 17.0 Å². The fourth-order valence-electron chi connectivity index (χ4n) is 2.36. The zero-order chi connectivity index (χ0) is 19.4. The van der Waals surface area contributed by atoms with Crippen molar-refractivity contribution in [1.29, 1.82) is 0 Å². The van der Waals surface area contributed by atoms with E-state index < -0.39 is 18.5 Å². The Bertz CT molecular complexity index is 942. The molecule has 0 aliphatic rings. The topological polar surface area (TPSA) is 104 Å². The van der Waals surface area contributed by atoms with Crippen LogP contribution < -0.4 is 10.1 Å². The number of nitrogens with one attached hydrogen (secondary N) is 1. The smallest absolute Gasteiger partial charge is 0.344 e. The summed E-state index contributed by atoms with van der Waals surface area (Å²) in [5.74, 6) is -0.0326. The number of anilines is 1. The second kappa shape index (κ2) is 8.00. The van der Waals surface area contributed by atoms with Gasteiger partial charge in [0.1, 0.15) is 17.1 Å². The molecule has 0 spiro atoms. The van der Waals surface area contributed by atoms with Gasteiger partial charge < -0.3 is 14.0 Å². The first-order chi connectivity index (χ1) is 13.0. The van der Waals surface area contributed by atoms with Gasteiger partial charge in [0.15, 0.2) is 11.7 Å². The van der Waals surface area contributed by atoms with Crippen molar-refractivity contribution in [1.82, 2.24) is 10.1 Å². The van der Waals surface area contributed by atoms with Crippen molar-refractivity contribution < 1.29 is 23.6 Å². The van der Waals surface area contributed by atoms with Crippen LogP contribution in [-0.2, 0) is 9.53 Å². The van der Waals surface area contributed by atoms with E-state index in [2.05, 4.69) is 15.5 Å². The molecule has 9 heteroatoms. The lowest BCUT2D eigenvalue weighted by Crippen LogP contribution is -2.21. The van der Waals surface area contributed by atoms with Crippen LogP contribution in [0.5, 0.6) is 5.75 Å². The standard InChI is InChI=1S/C18H17N3O5S/c1-10-16(11(2)26-21-10)17(23)25-8-15(22)20-18-19-14(9-27-18)12-4-6-13(24-3)7-5-12/h4-7,9H,8H2,1-3H3,(H,19,20,22). The summed E-state index contributed by atoms with van der Waals surface area (Å²) in [6, 6.07) is 7.43. The molecule has 0 saturated carbocycles. The van der Waals surface area contributed by atoms with Crippen molar-refractivity contribution in [3.05, 3.63) is 46.7 Å². The quantitative estimate of drug-likeness (QED) is 0.648. The number of thiazole rings is 1. The lowest BCUT2D eigenvalue weighted by atomic mass is 10.2. The molecule has 0 saturated heterocycles. The highest BCUT2D eigenvalue weighted by Gasteiger charge is 2.20. The number of aromatic nitrogens is 2. The number of carbonyl (C=O) groups excluding carboxylic acids is 2. The average molecular weight is 387 g/mol. The van der Waals surface area contributed by atoms with E-state index in [0.717, 1.165) is 17.0 Å². The van der Waals surface area contributed by atoms with Gasteiger partial charge in [-0.3, -0.25) is 10.1 Å². The number of ether oxygens (including phenoxy) is 2. The zero-order valence-corrected chi connectivity index (χ0v) is 15.8. The van der Waals surface area contributed by atoms with E-state index in [1.165, 1.54) is 11.3 Å². The third-order valence-corrected chi connectivity index (χ3v) is 4.47. The van der Waals surface area contributed by atoms with Crippen LogP contribution in [0.25, 0.3) is 11.3 Å². The number of rotatable bonds is 6. The summed E-state index contributed by atoms with van der Waals surface area (Å²) in [5, 5.41) is 8.54. The highest BCUT2D eigenvalue weighted by molar-refractivity contribution is 7.14. The lowest BCUT2D eigenvalue weighted by Gasteiger charge is -2.04. The van der Waals surface area contributed by atoms with Gasteiger partial charge in [-0.25, -0.2) is 9.78 Å². The van der Waals surface area contributed by atoms with Crippen molar-refractivity contribution in [3.63, 3.8) is 0 Å². The van der Waals surface area contributed by atoms with E-state index in [0.29, 0.717) is 16.6 Å². The third-order valence-electron chi connectivity index (χ3n) is 3.71. The first-order valence-corrected chi connectivity index (χ1v) is 8.85. The molecule has 0 aliphatic carbocycles. The van der Waals surface area contributed by atoms with Gasteiger partial charge in [0.25, 0.3) is 5.91 Å². The molecule has 27 heavy (non-hydrogen) atoms. The minimum absolute atomic E-state index is 0.235. The van der Waals surface area contributed by atoms with Gasteiger partial charge in [-0.15, -0.1) is 11.3 Å². The molecule has 0 bridgehead atoms. The van der Waals surface area contributed by atoms with Crippen LogP contribution >= 0.6 is 11.3 Å². The number of benzene rings is 1. The van der Waals surface area contributed by atoms with Crippen LogP contribution in [0, 0.1) is 13.8 Å². The number of methoxy groups -OCH3 is 1. The average Bonchev–Trinajstić information content (AvgIpc) is 3.26. The van der Waals surface area contributed by atoms with Crippen molar-refractivity contribution >= 4 is 28.3 Å². The number of aryl methyl sites for hydroxylation is 2. The first-order valence-electron chi connectivity index (χ1n) is 7.97. The SMILES string of the molecule is COc1ccc(-c2csc(NC(=O)COC(=O)c3c(C)noc3C)n2)cc1. The lowest BCUT2D eigenvalue weighted by molar-refractivity contribution is -0.119. The molecule has 0 unspecified atom stereocenters. The predicted octanol–water partition coefficient (Wildman–Crippen LogP) is 3.22. The van der Waals surface area contributed by atoms with Crippen LogP contribution in [0.1, 0.15) is 21.8 Å². The highest BCUT2D eigenvalue weighted by atomic mass is 32.1. The number of hydrogen-bond donors (Lipinski definition) is 1. The molecule has 0 fully saturated rings. The molecule has 1 aromatic carbocycles. The number of hydrogen-bond acceptors (Lipinski definition) is 8. The van der Waals surface area contributed by atoms with E-state index in [1.54, 1.807) is 21.0 Å². The van der Waals surface area contributed by atoms with E-state index >= 15 is 0 Å². The zero-order valence-electron chi connectivity index (χ0n) is 14.9. The summed E-state index contributed by atoms with van der Waals surface area (Å²) in [5.41, 5.74) is 2.28. The van der Waals surface area contributed by atoms with Gasteiger partial charge in [0.05, 0.1) is 18.5 Å². The molecule has 1 N–H and O–H groups in total. The number of esters is 1. The van der Waals surface area contributed by atoms with Gasteiger partial charge in [0, 0.05) is 10.9 Å². The number of carbonyl (C=O) groups is 2. The summed E-state index contributed by atoms with van der Waals surface area (Å²) in [6.07, 6.45) is 0. The van der Waals surface area contributed by atoms with Crippen LogP contribution in [0.2, 0.25) is 0 Å². The van der Waals surface area contributed by atoms with E-state index in [1.807, 2.05) is 29.6 Å². The number of amides is 1. The molecule has 2 aromatic heterocycles. The first kappa shape index (κ1) is 18.6. The summed E-state index contributed by atoms with van der Waals surface area (Å²) in [6.45, 7) is 2.80. The van der Waals surface area contributed by atoms with Crippen LogP contribution in [0.4, 0.5) is 5.13 Å². The van der Waals surface area contributed by atoms with E-state index in [9.17, 15) is 9.59 Å². The molecular formula is C18H17N3O5S. The molecule has 1 amide bonds. The molecule has 3 rings (SSSR count). The maximum Gasteiger partial charge on any atom is 0.344 e. The second-order valence-electron chi connectivity index (χ2n) is 5.59.